The lowest BCUT2D eigenvalue weighted by Crippen LogP contribution is -2.50. The average Bonchev–Trinajstić information content (AvgIpc) is 2.56. The Labute approximate surface area is 100 Å². The zero-order valence-corrected chi connectivity index (χ0v) is 10.7. The zero-order valence-electron chi connectivity index (χ0n) is 10.7. The van der Waals surface area contributed by atoms with E-state index in [0.29, 0.717) is 6.04 Å². The number of hydrogen-bond acceptors (Lipinski definition) is 2. The van der Waals surface area contributed by atoms with E-state index in [1.165, 1.54) is 38.5 Å². The van der Waals surface area contributed by atoms with Crippen LogP contribution >= 0.6 is 0 Å². The highest BCUT2D eigenvalue weighted by Crippen LogP contribution is 2.34. The van der Waals surface area contributed by atoms with Crippen LogP contribution in [0.2, 0.25) is 0 Å². The molecule has 1 rings (SSSR count). The van der Waals surface area contributed by atoms with Gasteiger partial charge in [0.05, 0.1) is 5.60 Å². The van der Waals surface area contributed by atoms with Crippen LogP contribution in [0.1, 0.15) is 51.4 Å². The summed E-state index contributed by atoms with van der Waals surface area (Å²) in [4.78, 5) is 0. The summed E-state index contributed by atoms with van der Waals surface area (Å²) in [7, 11) is 3.87. The van der Waals surface area contributed by atoms with Crippen molar-refractivity contribution in [1.29, 1.82) is 0 Å². The molecule has 1 N–H and O–H groups in total. The van der Waals surface area contributed by atoms with Crippen LogP contribution in [0.3, 0.4) is 0 Å². The molecule has 1 unspecified atom stereocenters. The molecule has 0 heterocycles. The fraction of sp³-hybridized carbons (Fsp3) is 0.857. The molecule has 0 bridgehead atoms. The van der Waals surface area contributed by atoms with E-state index in [1.807, 2.05) is 14.2 Å². The van der Waals surface area contributed by atoms with Crippen LogP contribution in [-0.4, -0.2) is 25.8 Å². The first-order chi connectivity index (χ1) is 7.79. The van der Waals surface area contributed by atoms with Gasteiger partial charge in [0, 0.05) is 19.6 Å². The molecule has 2 heteroatoms. The molecule has 0 saturated heterocycles. The number of ether oxygens (including phenoxy) is 1. The Kier molecular flexibility index (Phi) is 5.87. The fourth-order valence-corrected chi connectivity index (χ4v) is 2.92. The minimum Gasteiger partial charge on any atom is -0.377 e. The van der Waals surface area contributed by atoms with Crippen molar-refractivity contribution < 1.29 is 4.74 Å². The lowest BCUT2D eigenvalue weighted by Gasteiger charge is -2.39. The van der Waals surface area contributed by atoms with Crippen molar-refractivity contribution in [2.75, 3.05) is 14.2 Å². The van der Waals surface area contributed by atoms with Crippen molar-refractivity contribution in [2.45, 2.75) is 63.0 Å². The molecule has 0 aromatic carbocycles. The van der Waals surface area contributed by atoms with Crippen molar-refractivity contribution in [3.05, 3.63) is 0 Å². The van der Waals surface area contributed by atoms with E-state index < -0.39 is 0 Å². The normalized spacial score (nSPS) is 22.1. The van der Waals surface area contributed by atoms with Gasteiger partial charge in [-0.25, -0.2) is 0 Å². The van der Waals surface area contributed by atoms with Gasteiger partial charge in [-0.15, -0.1) is 12.3 Å². The van der Waals surface area contributed by atoms with Gasteiger partial charge in [0.25, 0.3) is 0 Å². The summed E-state index contributed by atoms with van der Waals surface area (Å²) in [6.07, 6.45) is 14.8. The van der Waals surface area contributed by atoms with Crippen LogP contribution in [0.4, 0.5) is 0 Å². The highest BCUT2D eigenvalue weighted by Gasteiger charge is 2.37. The van der Waals surface area contributed by atoms with Crippen LogP contribution in [0.5, 0.6) is 0 Å². The molecule has 0 amide bonds. The summed E-state index contributed by atoms with van der Waals surface area (Å²) in [5.41, 5.74) is 0.0160. The number of terminal acetylenes is 1. The van der Waals surface area contributed by atoms with Crippen LogP contribution in [0.15, 0.2) is 0 Å². The predicted molar refractivity (Wildman–Crippen MR) is 68.4 cm³/mol. The molecule has 16 heavy (non-hydrogen) atoms. The summed E-state index contributed by atoms with van der Waals surface area (Å²) in [5.74, 6) is 2.73. The maximum absolute atomic E-state index is 5.88. The molecular weight excluding hydrogens is 198 g/mol. The minimum atomic E-state index is 0.0160. The van der Waals surface area contributed by atoms with Crippen LogP contribution < -0.4 is 5.32 Å². The molecule has 2 nitrogen and oxygen atoms in total. The zero-order chi connectivity index (χ0) is 11.9. The number of nitrogens with one attached hydrogen (secondary N) is 1. The second-order valence-corrected chi connectivity index (χ2v) is 4.77. The topological polar surface area (TPSA) is 21.3 Å². The third kappa shape index (κ3) is 3.23. The smallest absolute Gasteiger partial charge is 0.0831 e. The molecule has 92 valence electrons. The van der Waals surface area contributed by atoms with E-state index in [4.69, 9.17) is 11.2 Å². The molecule has 1 saturated carbocycles. The Morgan fingerprint density at radius 2 is 1.94 bits per heavy atom. The van der Waals surface area contributed by atoms with E-state index in [0.717, 1.165) is 12.8 Å². The van der Waals surface area contributed by atoms with Crippen molar-refractivity contribution in [3.63, 3.8) is 0 Å². The monoisotopic (exact) mass is 223 g/mol. The van der Waals surface area contributed by atoms with Crippen molar-refractivity contribution in [1.82, 2.24) is 5.32 Å². The van der Waals surface area contributed by atoms with E-state index in [9.17, 15) is 0 Å². The second kappa shape index (κ2) is 6.93. The second-order valence-electron chi connectivity index (χ2n) is 4.77. The van der Waals surface area contributed by atoms with E-state index in [-0.39, 0.29) is 5.60 Å². The lowest BCUT2D eigenvalue weighted by molar-refractivity contribution is -0.0526. The first-order valence-corrected chi connectivity index (χ1v) is 6.45. The van der Waals surface area contributed by atoms with Crippen LogP contribution in [0, 0.1) is 12.3 Å². The van der Waals surface area contributed by atoms with Crippen molar-refractivity contribution in [3.8, 4) is 12.3 Å². The summed E-state index contributed by atoms with van der Waals surface area (Å²) in [6, 6.07) is 0.395. The number of likely N-dealkylation sites (N-methyl/N-ethyl adjacent to an activating group) is 1. The van der Waals surface area contributed by atoms with Gasteiger partial charge in [-0.3, -0.25) is 0 Å². The number of methoxy groups -OCH3 is 1. The molecule has 1 aliphatic carbocycles. The van der Waals surface area contributed by atoms with Gasteiger partial charge < -0.3 is 10.1 Å². The highest BCUT2D eigenvalue weighted by atomic mass is 16.5. The predicted octanol–water partition coefficient (Wildman–Crippen LogP) is 2.73. The van der Waals surface area contributed by atoms with Gasteiger partial charge >= 0.3 is 0 Å². The molecule has 0 aliphatic heterocycles. The number of hydrogen-bond donors (Lipinski definition) is 1. The molecule has 0 aromatic heterocycles. The Morgan fingerprint density at radius 1 is 1.31 bits per heavy atom. The largest absolute Gasteiger partial charge is 0.377 e. The fourth-order valence-electron chi connectivity index (χ4n) is 2.92. The molecule has 0 aromatic rings. The average molecular weight is 223 g/mol. The Morgan fingerprint density at radius 3 is 2.38 bits per heavy atom. The van der Waals surface area contributed by atoms with Crippen LogP contribution in [-0.2, 0) is 4.74 Å². The van der Waals surface area contributed by atoms with E-state index in [1.54, 1.807) is 0 Å². The highest BCUT2D eigenvalue weighted by molar-refractivity contribution is 4.96. The van der Waals surface area contributed by atoms with E-state index >= 15 is 0 Å². The van der Waals surface area contributed by atoms with Gasteiger partial charge in [-0.2, -0.15) is 0 Å². The minimum absolute atomic E-state index is 0.0160. The Hall–Kier alpha value is -0.520. The first-order valence-electron chi connectivity index (χ1n) is 6.45. The van der Waals surface area contributed by atoms with Gasteiger partial charge in [0.15, 0.2) is 0 Å². The molecule has 0 spiro atoms. The SMILES string of the molecule is C#CCCC(NC)C1(OC)CCCCCC1. The summed E-state index contributed by atoms with van der Waals surface area (Å²) >= 11 is 0. The standard InChI is InChI=1S/C14H25NO/c1-4-5-10-13(15-2)14(16-3)11-8-6-7-9-12-14/h1,13,15H,5-12H2,2-3H3. The van der Waals surface area contributed by atoms with Crippen LogP contribution in [0.25, 0.3) is 0 Å². The molecule has 1 atom stereocenters. The van der Waals surface area contributed by atoms with Gasteiger partial charge in [0.2, 0.25) is 0 Å². The molecule has 1 aliphatic rings. The van der Waals surface area contributed by atoms with Gasteiger partial charge in [0.1, 0.15) is 0 Å². The van der Waals surface area contributed by atoms with Crippen molar-refractivity contribution >= 4 is 0 Å². The summed E-state index contributed by atoms with van der Waals surface area (Å²) < 4.78 is 5.88. The third-order valence-corrected chi connectivity index (χ3v) is 3.92. The van der Waals surface area contributed by atoms with Gasteiger partial charge in [-0.05, 0) is 26.3 Å². The third-order valence-electron chi connectivity index (χ3n) is 3.92. The Balaban J connectivity index is 2.69. The maximum atomic E-state index is 5.88. The summed E-state index contributed by atoms with van der Waals surface area (Å²) in [6.45, 7) is 0. The quantitative estimate of drug-likeness (QED) is 0.571. The lowest BCUT2D eigenvalue weighted by atomic mass is 9.83. The van der Waals surface area contributed by atoms with Gasteiger partial charge in [-0.1, -0.05) is 25.7 Å². The first kappa shape index (κ1) is 13.5. The van der Waals surface area contributed by atoms with Crippen molar-refractivity contribution in [2.24, 2.45) is 0 Å². The maximum Gasteiger partial charge on any atom is 0.0831 e. The summed E-state index contributed by atoms with van der Waals surface area (Å²) in [5, 5.41) is 3.41. The number of rotatable bonds is 5. The molecule has 0 radical (unpaired) electrons. The Bertz CT molecular complexity index is 223. The molecule has 1 fully saturated rings. The van der Waals surface area contributed by atoms with E-state index in [2.05, 4.69) is 11.2 Å². The molecular formula is C14H25NO.